The first-order chi connectivity index (χ1) is 10.8. The van der Waals surface area contributed by atoms with Gasteiger partial charge in [-0.05, 0) is 18.6 Å². The predicted molar refractivity (Wildman–Crippen MR) is 83.6 cm³/mol. The first-order valence-electron chi connectivity index (χ1n) is 7.55. The Balaban J connectivity index is 2.23. The van der Waals surface area contributed by atoms with Crippen LogP contribution in [0.25, 0.3) is 6.08 Å². The molecule has 1 heterocycles. The smallest absolute Gasteiger partial charge is 0.261 e. The third kappa shape index (κ3) is 4.01. The third-order valence-corrected chi connectivity index (χ3v) is 3.28. The maximum Gasteiger partial charge on any atom is 0.261 e. The van der Waals surface area contributed by atoms with Gasteiger partial charge in [-0.15, -0.1) is 0 Å². The number of benzene rings is 1. The van der Waals surface area contributed by atoms with E-state index < -0.39 is 0 Å². The summed E-state index contributed by atoms with van der Waals surface area (Å²) in [6, 6.07) is 7.41. The molecule has 116 valence electrons. The molecule has 2 rings (SSSR count). The van der Waals surface area contributed by atoms with Crippen LogP contribution in [0.15, 0.2) is 23.8 Å². The summed E-state index contributed by atoms with van der Waals surface area (Å²) < 4.78 is 11.3. The second-order valence-corrected chi connectivity index (χ2v) is 5.00. The lowest BCUT2D eigenvalue weighted by Crippen LogP contribution is -2.25. The highest BCUT2D eigenvalue weighted by Gasteiger charge is 2.15. The molecule has 1 aromatic rings. The van der Waals surface area contributed by atoms with Crippen LogP contribution in [0.2, 0.25) is 0 Å². The van der Waals surface area contributed by atoms with E-state index in [9.17, 15) is 10.1 Å². The number of carbonyl (C=O) groups is 1. The van der Waals surface area contributed by atoms with Gasteiger partial charge in [-0.2, -0.15) is 5.26 Å². The summed E-state index contributed by atoms with van der Waals surface area (Å²) in [6.45, 7) is 3.77. The Kier molecular flexibility index (Phi) is 5.84. The average Bonchev–Trinajstić information content (AvgIpc) is 2.78. The molecule has 1 N–H and O–H groups in total. The van der Waals surface area contributed by atoms with E-state index in [0.29, 0.717) is 36.8 Å². The molecule has 1 aliphatic rings. The number of unbranched alkanes of at least 4 members (excludes halogenated alkanes) is 1. The van der Waals surface area contributed by atoms with Crippen molar-refractivity contribution in [3.63, 3.8) is 0 Å². The number of rotatable bonds is 5. The lowest BCUT2D eigenvalue weighted by molar-refractivity contribution is -0.117. The summed E-state index contributed by atoms with van der Waals surface area (Å²) in [5.74, 6) is 0.882. The van der Waals surface area contributed by atoms with E-state index in [1.54, 1.807) is 6.08 Å². The van der Waals surface area contributed by atoms with Gasteiger partial charge in [0.1, 0.15) is 11.6 Å². The van der Waals surface area contributed by atoms with Crippen molar-refractivity contribution in [1.29, 1.82) is 5.26 Å². The normalized spacial score (nSPS) is 13.9. The molecule has 0 aliphatic carbocycles. The van der Waals surface area contributed by atoms with Crippen molar-refractivity contribution in [2.75, 3.05) is 19.8 Å². The Bertz CT molecular complexity index is 602. The van der Waals surface area contributed by atoms with Gasteiger partial charge in [-0.25, -0.2) is 0 Å². The van der Waals surface area contributed by atoms with Crippen LogP contribution in [-0.2, 0) is 4.79 Å². The van der Waals surface area contributed by atoms with Crippen LogP contribution in [0, 0.1) is 11.3 Å². The molecule has 5 heteroatoms. The van der Waals surface area contributed by atoms with Crippen molar-refractivity contribution >= 4 is 12.0 Å². The SMILES string of the molecule is CCCCNC(=O)/C(C#N)=C\c1cccc2c1OCCCO2. The monoisotopic (exact) mass is 300 g/mol. The molecule has 5 nitrogen and oxygen atoms in total. The molecule has 0 radical (unpaired) electrons. The van der Waals surface area contributed by atoms with Crippen LogP contribution in [0.5, 0.6) is 11.5 Å². The second kappa shape index (κ2) is 8.08. The summed E-state index contributed by atoms with van der Waals surface area (Å²) in [5.41, 5.74) is 0.749. The highest BCUT2D eigenvalue weighted by atomic mass is 16.5. The van der Waals surface area contributed by atoms with Crippen LogP contribution in [0.3, 0.4) is 0 Å². The van der Waals surface area contributed by atoms with E-state index in [0.717, 1.165) is 19.3 Å². The summed E-state index contributed by atoms with van der Waals surface area (Å²) in [4.78, 5) is 12.0. The van der Waals surface area contributed by atoms with Gasteiger partial charge in [0.25, 0.3) is 5.91 Å². The molecular weight excluding hydrogens is 280 g/mol. The number of hydrogen-bond acceptors (Lipinski definition) is 4. The van der Waals surface area contributed by atoms with E-state index in [4.69, 9.17) is 9.47 Å². The zero-order chi connectivity index (χ0) is 15.8. The maximum absolute atomic E-state index is 12.0. The van der Waals surface area contributed by atoms with Gasteiger partial charge in [0.15, 0.2) is 11.5 Å². The summed E-state index contributed by atoms with van der Waals surface area (Å²) in [6.07, 6.45) is 4.24. The fourth-order valence-corrected chi connectivity index (χ4v) is 2.11. The van der Waals surface area contributed by atoms with E-state index >= 15 is 0 Å². The minimum atomic E-state index is -0.358. The zero-order valence-corrected chi connectivity index (χ0v) is 12.7. The van der Waals surface area contributed by atoms with Crippen molar-refractivity contribution in [3.8, 4) is 17.6 Å². The molecule has 0 saturated carbocycles. The molecular formula is C17H20N2O3. The number of nitriles is 1. The fourth-order valence-electron chi connectivity index (χ4n) is 2.11. The topological polar surface area (TPSA) is 71.4 Å². The van der Waals surface area contributed by atoms with Crippen LogP contribution in [0.1, 0.15) is 31.7 Å². The molecule has 0 fully saturated rings. The predicted octanol–water partition coefficient (Wildman–Crippen LogP) is 2.67. The van der Waals surface area contributed by atoms with Crippen LogP contribution in [-0.4, -0.2) is 25.7 Å². The highest BCUT2D eigenvalue weighted by molar-refractivity contribution is 6.02. The molecule has 0 aromatic heterocycles. The van der Waals surface area contributed by atoms with Crippen molar-refractivity contribution < 1.29 is 14.3 Å². The summed E-state index contributed by atoms with van der Waals surface area (Å²) >= 11 is 0. The van der Waals surface area contributed by atoms with E-state index in [-0.39, 0.29) is 11.5 Å². The van der Waals surface area contributed by atoms with E-state index in [1.807, 2.05) is 31.2 Å². The highest BCUT2D eigenvalue weighted by Crippen LogP contribution is 2.34. The number of hydrogen-bond donors (Lipinski definition) is 1. The van der Waals surface area contributed by atoms with Gasteiger partial charge in [0, 0.05) is 18.5 Å². The third-order valence-electron chi connectivity index (χ3n) is 3.28. The number of nitrogens with one attached hydrogen (secondary N) is 1. The average molecular weight is 300 g/mol. The van der Waals surface area contributed by atoms with Gasteiger partial charge >= 0.3 is 0 Å². The van der Waals surface area contributed by atoms with E-state index in [2.05, 4.69) is 5.32 Å². The van der Waals surface area contributed by atoms with Crippen molar-refractivity contribution in [1.82, 2.24) is 5.32 Å². The molecule has 1 aliphatic heterocycles. The first kappa shape index (κ1) is 15.9. The lowest BCUT2D eigenvalue weighted by Gasteiger charge is -2.10. The van der Waals surface area contributed by atoms with Crippen molar-refractivity contribution in [2.45, 2.75) is 26.2 Å². The molecule has 0 atom stereocenters. The number of para-hydroxylation sites is 1. The minimum absolute atomic E-state index is 0.0670. The van der Waals surface area contributed by atoms with Crippen LogP contribution in [0.4, 0.5) is 0 Å². The number of amides is 1. The Morgan fingerprint density at radius 2 is 2.23 bits per heavy atom. The molecule has 1 aromatic carbocycles. The maximum atomic E-state index is 12.0. The van der Waals surface area contributed by atoms with Gasteiger partial charge in [-0.1, -0.05) is 25.5 Å². The molecule has 0 saturated heterocycles. The number of fused-ring (bicyclic) bond motifs is 1. The lowest BCUT2D eigenvalue weighted by atomic mass is 10.1. The summed E-state index contributed by atoms with van der Waals surface area (Å²) in [5, 5.41) is 12.0. The number of ether oxygens (including phenoxy) is 2. The second-order valence-electron chi connectivity index (χ2n) is 5.00. The molecule has 0 bridgehead atoms. The van der Waals surface area contributed by atoms with Crippen LogP contribution >= 0.6 is 0 Å². The largest absolute Gasteiger partial charge is 0.490 e. The van der Waals surface area contributed by atoms with Gasteiger partial charge in [0.2, 0.25) is 0 Å². The quantitative estimate of drug-likeness (QED) is 0.515. The molecule has 0 spiro atoms. The van der Waals surface area contributed by atoms with Gasteiger partial charge < -0.3 is 14.8 Å². The first-order valence-corrected chi connectivity index (χ1v) is 7.55. The number of carbonyl (C=O) groups excluding carboxylic acids is 1. The van der Waals surface area contributed by atoms with Crippen molar-refractivity contribution in [3.05, 3.63) is 29.3 Å². The van der Waals surface area contributed by atoms with Gasteiger partial charge in [-0.3, -0.25) is 4.79 Å². The van der Waals surface area contributed by atoms with Crippen LogP contribution < -0.4 is 14.8 Å². The Labute approximate surface area is 130 Å². The standard InChI is InChI=1S/C17H20N2O3/c1-2-3-8-19-17(20)14(12-18)11-13-6-4-7-15-16(13)22-10-5-9-21-15/h4,6-7,11H,2-3,5,8-10H2,1H3,(H,19,20)/b14-11-. The molecule has 1 amide bonds. The Hall–Kier alpha value is -2.48. The number of nitrogens with zero attached hydrogens (tertiary/aromatic N) is 1. The summed E-state index contributed by atoms with van der Waals surface area (Å²) in [7, 11) is 0. The van der Waals surface area contributed by atoms with E-state index in [1.165, 1.54) is 0 Å². The van der Waals surface area contributed by atoms with Gasteiger partial charge in [0.05, 0.1) is 13.2 Å². The van der Waals surface area contributed by atoms with Crippen molar-refractivity contribution in [2.24, 2.45) is 0 Å². The fraction of sp³-hybridized carbons (Fsp3) is 0.412. The molecule has 22 heavy (non-hydrogen) atoms. The molecule has 0 unspecified atom stereocenters. The Morgan fingerprint density at radius 3 is 3.00 bits per heavy atom. The Morgan fingerprint density at radius 1 is 1.41 bits per heavy atom. The minimum Gasteiger partial charge on any atom is -0.490 e. The zero-order valence-electron chi connectivity index (χ0n) is 12.7.